The van der Waals surface area contributed by atoms with Crippen molar-refractivity contribution in [3.05, 3.63) is 58.6 Å². The average Bonchev–Trinajstić information content (AvgIpc) is 3.07. The Morgan fingerprint density at radius 1 is 1.15 bits per heavy atom. The summed E-state index contributed by atoms with van der Waals surface area (Å²) in [6, 6.07) is 12.6. The van der Waals surface area contributed by atoms with Crippen molar-refractivity contribution in [3.63, 3.8) is 0 Å². The SMILES string of the molecule is C[C@@H](OC(=O)COc1cccc(Cl)c1)C(=O)Nc1ccc2c(c1)CCC2. The van der Waals surface area contributed by atoms with Gasteiger partial charge in [-0.15, -0.1) is 0 Å². The number of hydrogen-bond acceptors (Lipinski definition) is 4. The quantitative estimate of drug-likeness (QED) is 0.783. The van der Waals surface area contributed by atoms with Gasteiger partial charge in [-0.1, -0.05) is 23.7 Å². The molecule has 2 aromatic carbocycles. The van der Waals surface area contributed by atoms with Crippen LogP contribution in [-0.4, -0.2) is 24.6 Å². The van der Waals surface area contributed by atoms with Crippen LogP contribution in [0.1, 0.15) is 24.5 Å². The fourth-order valence-corrected chi connectivity index (χ4v) is 3.06. The number of fused-ring (bicyclic) bond motifs is 1. The molecule has 5 nitrogen and oxygen atoms in total. The van der Waals surface area contributed by atoms with E-state index >= 15 is 0 Å². The van der Waals surface area contributed by atoms with Gasteiger partial charge in [-0.3, -0.25) is 4.79 Å². The van der Waals surface area contributed by atoms with Crippen LogP contribution in [0.3, 0.4) is 0 Å². The Kier molecular flexibility index (Phi) is 5.78. The van der Waals surface area contributed by atoms with Gasteiger partial charge in [-0.2, -0.15) is 0 Å². The molecule has 1 amide bonds. The molecule has 1 N–H and O–H groups in total. The molecule has 0 radical (unpaired) electrons. The molecule has 6 heteroatoms. The van der Waals surface area contributed by atoms with Gasteiger partial charge in [0.05, 0.1) is 0 Å². The number of ether oxygens (including phenoxy) is 2. The summed E-state index contributed by atoms with van der Waals surface area (Å²) in [6.07, 6.45) is 2.35. The van der Waals surface area contributed by atoms with E-state index in [0.717, 1.165) is 19.3 Å². The maximum atomic E-state index is 12.2. The number of rotatable bonds is 6. The van der Waals surface area contributed by atoms with E-state index in [-0.39, 0.29) is 12.5 Å². The Hall–Kier alpha value is -2.53. The largest absolute Gasteiger partial charge is 0.482 e. The number of carbonyl (C=O) groups excluding carboxylic acids is 2. The Morgan fingerprint density at radius 2 is 1.96 bits per heavy atom. The van der Waals surface area contributed by atoms with E-state index in [4.69, 9.17) is 21.1 Å². The van der Waals surface area contributed by atoms with Crippen LogP contribution in [0.5, 0.6) is 5.75 Å². The molecular weight excluding hydrogens is 354 g/mol. The highest BCUT2D eigenvalue weighted by Crippen LogP contribution is 2.25. The van der Waals surface area contributed by atoms with Crippen molar-refractivity contribution in [2.24, 2.45) is 0 Å². The minimum atomic E-state index is -0.918. The second-order valence-electron chi connectivity index (χ2n) is 6.20. The molecule has 0 saturated carbocycles. The van der Waals surface area contributed by atoms with E-state index in [9.17, 15) is 9.59 Å². The average molecular weight is 374 g/mol. The van der Waals surface area contributed by atoms with Crippen molar-refractivity contribution in [1.29, 1.82) is 0 Å². The fourth-order valence-electron chi connectivity index (χ4n) is 2.88. The summed E-state index contributed by atoms with van der Waals surface area (Å²) in [7, 11) is 0. The van der Waals surface area contributed by atoms with Gasteiger partial charge in [-0.05, 0) is 67.6 Å². The van der Waals surface area contributed by atoms with Crippen LogP contribution in [0.25, 0.3) is 0 Å². The zero-order chi connectivity index (χ0) is 18.5. The molecule has 1 aliphatic carbocycles. The molecule has 136 valence electrons. The molecule has 1 atom stereocenters. The molecule has 0 saturated heterocycles. The number of aryl methyl sites for hydroxylation is 2. The van der Waals surface area contributed by atoms with Crippen molar-refractivity contribution in [3.8, 4) is 5.75 Å². The highest BCUT2D eigenvalue weighted by atomic mass is 35.5. The molecule has 0 aliphatic heterocycles. The minimum Gasteiger partial charge on any atom is -0.482 e. The Balaban J connectivity index is 1.48. The molecular formula is C20H20ClNO4. The Labute approximate surface area is 157 Å². The van der Waals surface area contributed by atoms with E-state index in [1.807, 2.05) is 18.2 Å². The van der Waals surface area contributed by atoms with Crippen molar-refractivity contribution < 1.29 is 19.1 Å². The fraction of sp³-hybridized carbons (Fsp3) is 0.300. The predicted octanol–water partition coefficient (Wildman–Crippen LogP) is 3.78. The van der Waals surface area contributed by atoms with Gasteiger partial charge in [0.2, 0.25) is 0 Å². The number of esters is 1. The summed E-state index contributed by atoms with van der Waals surface area (Å²) in [4.78, 5) is 24.1. The molecule has 0 unspecified atom stereocenters. The summed E-state index contributed by atoms with van der Waals surface area (Å²) in [5.41, 5.74) is 3.32. The number of carbonyl (C=O) groups is 2. The summed E-state index contributed by atoms with van der Waals surface area (Å²) >= 11 is 5.85. The van der Waals surface area contributed by atoms with Crippen LogP contribution in [-0.2, 0) is 27.2 Å². The summed E-state index contributed by atoms with van der Waals surface area (Å²) in [6.45, 7) is 1.23. The zero-order valence-corrected chi connectivity index (χ0v) is 15.2. The maximum absolute atomic E-state index is 12.2. The third-order valence-electron chi connectivity index (χ3n) is 4.20. The van der Waals surface area contributed by atoms with Gasteiger partial charge in [0.1, 0.15) is 5.75 Å². The van der Waals surface area contributed by atoms with E-state index in [1.54, 1.807) is 24.3 Å². The van der Waals surface area contributed by atoms with Gasteiger partial charge in [0.25, 0.3) is 5.91 Å². The topological polar surface area (TPSA) is 64.6 Å². The minimum absolute atomic E-state index is 0.295. The number of benzene rings is 2. The lowest BCUT2D eigenvalue weighted by molar-refractivity contribution is -0.155. The van der Waals surface area contributed by atoms with Gasteiger partial charge in [0.15, 0.2) is 12.7 Å². The van der Waals surface area contributed by atoms with Gasteiger partial charge in [0, 0.05) is 10.7 Å². The molecule has 0 aromatic heterocycles. The second-order valence-corrected chi connectivity index (χ2v) is 6.64. The first-order valence-electron chi connectivity index (χ1n) is 8.52. The molecule has 2 aromatic rings. The molecule has 26 heavy (non-hydrogen) atoms. The number of anilines is 1. The molecule has 0 fully saturated rings. The number of hydrogen-bond donors (Lipinski definition) is 1. The molecule has 3 rings (SSSR count). The lowest BCUT2D eigenvalue weighted by Gasteiger charge is -2.14. The third-order valence-corrected chi connectivity index (χ3v) is 4.43. The molecule has 0 spiro atoms. The van der Waals surface area contributed by atoms with E-state index < -0.39 is 12.1 Å². The highest BCUT2D eigenvalue weighted by Gasteiger charge is 2.19. The van der Waals surface area contributed by atoms with Crippen LogP contribution in [0.2, 0.25) is 5.02 Å². The summed E-state index contributed by atoms with van der Waals surface area (Å²) in [5.74, 6) is -0.537. The van der Waals surface area contributed by atoms with Crippen LogP contribution in [0, 0.1) is 0 Å². The van der Waals surface area contributed by atoms with Gasteiger partial charge in [-0.25, -0.2) is 4.79 Å². The summed E-state index contributed by atoms with van der Waals surface area (Å²) in [5, 5.41) is 3.30. The standard InChI is InChI=1S/C20H20ClNO4/c1-13(26-19(23)12-25-18-7-3-6-16(21)11-18)20(24)22-17-9-8-14-4-2-5-15(14)10-17/h3,6-11,13H,2,4-5,12H2,1H3,(H,22,24)/t13-/m1/s1. The van der Waals surface area contributed by atoms with Crippen LogP contribution in [0.4, 0.5) is 5.69 Å². The van der Waals surface area contributed by atoms with Crippen molar-refractivity contribution >= 4 is 29.2 Å². The molecule has 0 bridgehead atoms. The van der Waals surface area contributed by atoms with Crippen molar-refractivity contribution in [2.75, 3.05) is 11.9 Å². The van der Waals surface area contributed by atoms with Gasteiger partial charge >= 0.3 is 5.97 Å². The first-order chi connectivity index (χ1) is 12.5. The van der Waals surface area contributed by atoms with E-state index in [1.165, 1.54) is 18.1 Å². The van der Waals surface area contributed by atoms with E-state index in [2.05, 4.69) is 5.32 Å². The van der Waals surface area contributed by atoms with Crippen LogP contribution in [0.15, 0.2) is 42.5 Å². The van der Waals surface area contributed by atoms with E-state index in [0.29, 0.717) is 16.5 Å². The van der Waals surface area contributed by atoms with Crippen molar-refractivity contribution in [1.82, 2.24) is 0 Å². The lowest BCUT2D eigenvalue weighted by Crippen LogP contribution is -2.31. The Morgan fingerprint density at radius 3 is 2.77 bits per heavy atom. The first kappa shape index (κ1) is 18.3. The predicted molar refractivity (Wildman–Crippen MR) is 99.6 cm³/mol. The smallest absolute Gasteiger partial charge is 0.344 e. The van der Waals surface area contributed by atoms with Crippen molar-refractivity contribution in [2.45, 2.75) is 32.3 Å². The summed E-state index contributed by atoms with van der Waals surface area (Å²) < 4.78 is 10.4. The number of halogens is 1. The van der Waals surface area contributed by atoms with Crippen LogP contribution >= 0.6 is 11.6 Å². The number of nitrogens with one attached hydrogen (secondary N) is 1. The highest BCUT2D eigenvalue weighted by molar-refractivity contribution is 6.30. The normalized spacial score (nSPS) is 13.6. The second kappa shape index (κ2) is 8.23. The number of amides is 1. The monoisotopic (exact) mass is 373 g/mol. The third kappa shape index (κ3) is 4.76. The molecule has 0 heterocycles. The Bertz CT molecular complexity index is 821. The zero-order valence-electron chi connectivity index (χ0n) is 14.5. The van der Waals surface area contributed by atoms with Crippen LogP contribution < -0.4 is 10.1 Å². The lowest BCUT2D eigenvalue weighted by atomic mass is 10.1. The maximum Gasteiger partial charge on any atom is 0.344 e. The van der Waals surface area contributed by atoms with Gasteiger partial charge < -0.3 is 14.8 Å². The first-order valence-corrected chi connectivity index (χ1v) is 8.89. The molecule has 1 aliphatic rings.